The summed E-state index contributed by atoms with van der Waals surface area (Å²) in [7, 11) is 3.14. The van der Waals surface area contributed by atoms with Gasteiger partial charge in [-0.2, -0.15) is 0 Å². The largest absolute Gasteiger partial charge is 0.493 e. The van der Waals surface area contributed by atoms with Crippen LogP contribution >= 0.6 is 11.3 Å². The molecule has 164 valence electrons. The summed E-state index contributed by atoms with van der Waals surface area (Å²) in [5, 5.41) is 5.07. The lowest BCUT2D eigenvalue weighted by molar-refractivity contribution is -0.140. The quantitative estimate of drug-likeness (QED) is 0.659. The molecule has 1 N–H and O–H groups in total. The minimum atomic E-state index is -0.274. The Labute approximate surface area is 184 Å². The summed E-state index contributed by atoms with van der Waals surface area (Å²) in [5.74, 6) is 0.336. The van der Waals surface area contributed by atoms with Gasteiger partial charge in [-0.15, -0.1) is 11.3 Å². The molecule has 9 heteroatoms. The van der Waals surface area contributed by atoms with Crippen molar-refractivity contribution in [1.29, 1.82) is 0 Å². The van der Waals surface area contributed by atoms with Crippen molar-refractivity contribution < 1.29 is 23.9 Å². The highest BCUT2D eigenvalue weighted by Gasteiger charge is 2.47. The number of aromatic nitrogens is 1. The van der Waals surface area contributed by atoms with E-state index in [1.54, 1.807) is 20.3 Å². The van der Waals surface area contributed by atoms with Gasteiger partial charge >= 0.3 is 0 Å². The van der Waals surface area contributed by atoms with Gasteiger partial charge < -0.3 is 14.8 Å². The van der Waals surface area contributed by atoms with Crippen LogP contribution in [0.4, 0.5) is 5.13 Å². The van der Waals surface area contributed by atoms with Crippen molar-refractivity contribution in [1.82, 2.24) is 9.88 Å². The number of hydrogen-bond acceptors (Lipinski definition) is 7. The molecule has 1 aromatic heterocycles. The monoisotopic (exact) mass is 443 g/mol. The molecule has 0 spiro atoms. The fraction of sp³-hybridized carbons (Fsp3) is 0.455. The number of imide groups is 1. The summed E-state index contributed by atoms with van der Waals surface area (Å²) in [6.07, 6.45) is 3.58. The number of hydrogen-bond donors (Lipinski definition) is 1. The summed E-state index contributed by atoms with van der Waals surface area (Å²) in [6, 6.07) is 5.49. The lowest BCUT2D eigenvalue weighted by Gasteiger charge is -2.19. The maximum Gasteiger partial charge on any atom is 0.233 e. The maximum absolute atomic E-state index is 12.5. The van der Waals surface area contributed by atoms with Crippen LogP contribution in [0.5, 0.6) is 11.5 Å². The first-order valence-corrected chi connectivity index (χ1v) is 11.2. The molecular formula is C22H25N3O5S. The zero-order chi connectivity index (χ0) is 22.0. The first-order chi connectivity index (χ1) is 15.0. The van der Waals surface area contributed by atoms with Crippen LogP contribution in [0.2, 0.25) is 0 Å². The minimum absolute atomic E-state index is 0.0577. The number of ether oxygens (including phenoxy) is 2. The van der Waals surface area contributed by atoms with Gasteiger partial charge in [-0.25, -0.2) is 4.98 Å². The lowest BCUT2D eigenvalue weighted by atomic mass is 9.81. The normalized spacial score (nSPS) is 20.5. The van der Waals surface area contributed by atoms with Gasteiger partial charge in [-0.1, -0.05) is 12.8 Å². The predicted molar refractivity (Wildman–Crippen MR) is 116 cm³/mol. The highest BCUT2D eigenvalue weighted by atomic mass is 32.1. The van der Waals surface area contributed by atoms with E-state index in [9.17, 15) is 14.4 Å². The number of carbonyl (C=O) groups is 3. The summed E-state index contributed by atoms with van der Waals surface area (Å²) in [4.78, 5) is 43.2. The molecule has 2 heterocycles. The van der Waals surface area contributed by atoms with Crippen LogP contribution in [-0.4, -0.2) is 48.4 Å². The summed E-state index contributed by atoms with van der Waals surface area (Å²) in [6.45, 7) is 0.115. The van der Waals surface area contributed by atoms with E-state index in [1.165, 1.54) is 16.2 Å². The van der Waals surface area contributed by atoms with Crippen molar-refractivity contribution in [3.8, 4) is 22.8 Å². The number of likely N-dealkylation sites (tertiary alicyclic amines) is 1. The van der Waals surface area contributed by atoms with E-state index >= 15 is 0 Å². The first kappa shape index (κ1) is 21.3. The minimum Gasteiger partial charge on any atom is -0.493 e. The molecule has 0 radical (unpaired) electrons. The number of nitrogens with zero attached hydrogens (tertiary/aromatic N) is 2. The van der Waals surface area contributed by atoms with Crippen LogP contribution in [0.15, 0.2) is 23.6 Å². The zero-order valence-electron chi connectivity index (χ0n) is 17.6. The Bertz CT molecular complexity index is 981. The average molecular weight is 444 g/mol. The Morgan fingerprint density at radius 2 is 1.81 bits per heavy atom. The Morgan fingerprint density at radius 1 is 1.13 bits per heavy atom. The van der Waals surface area contributed by atoms with Crippen molar-refractivity contribution in [2.24, 2.45) is 11.8 Å². The zero-order valence-corrected chi connectivity index (χ0v) is 18.4. The number of rotatable bonds is 7. The van der Waals surface area contributed by atoms with Crippen molar-refractivity contribution >= 4 is 34.2 Å². The second-order valence-electron chi connectivity index (χ2n) is 7.73. The van der Waals surface area contributed by atoms with Crippen molar-refractivity contribution in [2.45, 2.75) is 32.1 Å². The van der Waals surface area contributed by atoms with Crippen LogP contribution in [0.1, 0.15) is 32.1 Å². The number of amides is 3. The third kappa shape index (κ3) is 4.27. The number of carbonyl (C=O) groups excluding carboxylic acids is 3. The van der Waals surface area contributed by atoms with Crippen molar-refractivity contribution in [2.75, 3.05) is 26.1 Å². The first-order valence-electron chi connectivity index (χ1n) is 10.3. The number of methoxy groups -OCH3 is 2. The van der Waals surface area contributed by atoms with Crippen LogP contribution in [-0.2, 0) is 14.4 Å². The second-order valence-corrected chi connectivity index (χ2v) is 8.59. The predicted octanol–water partition coefficient (Wildman–Crippen LogP) is 3.33. The molecule has 1 saturated carbocycles. The summed E-state index contributed by atoms with van der Waals surface area (Å²) < 4.78 is 10.6. The molecule has 2 atom stereocenters. The molecule has 2 aromatic rings. The van der Waals surface area contributed by atoms with Crippen LogP contribution in [0.3, 0.4) is 0 Å². The fourth-order valence-corrected chi connectivity index (χ4v) is 5.04. The third-order valence-electron chi connectivity index (χ3n) is 5.92. The lowest BCUT2D eigenvalue weighted by Crippen LogP contribution is -2.34. The number of anilines is 1. The Hall–Kier alpha value is -2.94. The van der Waals surface area contributed by atoms with Crippen molar-refractivity contribution in [3.63, 3.8) is 0 Å². The molecule has 4 rings (SSSR count). The number of nitrogens with one attached hydrogen (secondary N) is 1. The highest BCUT2D eigenvalue weighted by molar-refractivity contribution is 7.14. The molecule has 3 amide bonds. The molecule has 2 fully saturated rings. The van der Waals surface area contributed by atoms with E-state index in [-0.39, 0.29) is 42.5 Å². The van der Waals surface area contributed by atoms with Gasteiger partial charge in [-0.3, -0.25) is 19.3 Å². The Kier molecular flexibility index (Phi) is 6.22. The number of benzene rings is 1. The SMILES string of the molecule is COc1ccc(-c2csc(NC(=O)CCN3C(=O)C4CCCCC4C3=O)n2)cc1OC. The maximum atomic E-state index is 12.5. The third-order valence-corrected chi connectivity index (χ3v) is 6.68. The second kappa shape index (κ2) is 9.05. The van der Waals surface area contributed by atoms with Gasteiger partial charge in [0, 0.05) is 23.9 Å². The van der Waals surface area contributed by atoms with Gasteiger partial charge in [0.15, 0.2) is 16.6 Å². The fourth-order valence-electron chi connectivity index (χ4n) is 4.31. The van der Waals surface area contributed by atoms with E-state index in [2.05, 4.69) is 10.3 Å². The van der Waals surface area contributed by atoms with Crippen LogP contribution < -0.4 is 14.8 Å². The van der Waals surface area contributed by atoms with Gasteiger partial charge in [0.05, 0.1) is 31.7 Å². The summed E-state index contributed by atoms with van der Waals surface area (Å²) >= 11 is 1.31. The molecule has 2 unspecified atom stereocenters. The topological polar surface area (TPSA) is 97.8 Å². The molecule has 8 nitrogen and oxygen atoms in total. The Morgan fingerprint density at radius 3 is 2.45 bits per heavy atom. The van der Waals surface area contributed by atoms with Gasteiger partial charge in [0.1, 0.15) is 0 Å². The number of fused-ring (bicyclic) bond motifs is 1. The summed E-state index contributed by atoms with van der Waals surface area (Å²) in [5.41, 5.74) is 1.54. The van der Waals surface area contributed by atoms with E-state index in [1.807, 2.05) is 17.5 Å². The standard InChI is InChI=1S/C22H25N3O5S/c1-29-17-8-7-13(11-18(17)30-2)16-12-31-22(23-16)24-19(26)9-10-25-20(27)14-5-3-4-6-15(14)21(25)28/h7-8,11-12,14-15H,3-6,9-10H2,1-2H3,(H,23,24,26). The molecule has 0 bridgehead atoms. The molecule has 1 aliphatic carbocycles. The average Bonchev–Trinajstić information content (AvgIpc) is 3.35. The van der Waals surface area contributed by atoms with Gasteiger partial charge in [0.2, 0.25) is 17.7 Å². The number of thiazole rings is 1. The molecule has 1 saturated heterocycles. The van der Waals surface area contributed by atoms with Gasteiger partial charge in [-0.05, 0) is 31.0 Å². The van der Waals surface area contributed by atoms with E-state index in [0.29, 0.717) is 22.3 Å². The van der Waals surface area contributed by atoms with Crippen LogP contribution in [0.25, 0.3) is 11.3 Å². The van der Waals surface area contributed by atoms with E-state index in [0.717, 1.165) is 31.2 Å². The van der Waals surface area contributed by atoms with E-state index < -0.39 is 0 Å². The molecule has 31 heavy (non-hydrogen) atoms. The van der Waals surface area contributed by atoms with E-state index in [4.69, 9.17) is 9.47 Å². The van der Waals surface area contributed by atoms with Crippen LogP contribution in [0, 0.1) is 11.8 Å². The molecule has 1 aromatic carbocycles. The smallest absolute Gasteiger partial charge is 0.233 e. The highest BCUT2D eigenvalue weighted by Crippen LogP contribution is 2.38. The molecule has 1 aliphatic heterocycles. The Balaban J connectivity index is 1.35. The van der Waals surface area contributed by atoms with Crippen molar-refractivity contribution in [3.05, 3.63) is 23.6 Å². The molecular weight excluding hydrogens is 418 g/mol. The molecule has 2 aliphatic rings. The van der Waals surface area contributed by atoms with Gasteiger partial charge in [0.25, 0.3) is 0 Å².